The molecule has 2 bridgehead atoms. The zero-order valence-corrected chi connectivity index (χ0v) is 16.7. The van der Waals surface area contributed by atoms with Gasteiger partial charge in [-0.25, -0.2) is 0 Å². The average Bonchev–Trinajstić information content (AvgIpc) is 2.69. The van der Waals surface area contributed by atoms with Crippen LogP contribution in [0, 0.1) is 17.8 Å². The second kappa shape index (κ2) is 7.67. The zero-order chi connectivity index (χ0) is 18.9. The lowest BCUT2D eigenvalue weighted by Crippen LogP contribution is -2.63. The number of phenols is 1. The van der Waals surface area contributed by atoms with Crippen LogP contribution in [0.4, 0.5) is 0 Å². The first-order valence-corrected chi connectivity index (χ1v) is 10.7. The van der Waals surface area contributed by atoms with Crippen molar-refractivity contribution in [1.29, 1.82) is 0 Å². The van der Waals surface area contributed by atoms with Gasteiger partial charge in [-0.1, -0.05) is 69.2 Å². The van der Waals surface area contributed by atoms with Crippen molar-refractivity contribution in [3.8, 4) is 5.75 Å². The van der Waals surface area contributed by atoms with Gasteiger partial charge in [-0.15, -0.1) is 0 Å². The Labute approximate surface area is 164 Å². The van der Waals surface area contributed by atoms with E-state index in [1.807, 2.05) is 12.1 Å². The molecule has 2 aromatic rings. The van der Waals surface area contributed by atoms with E-state index in [2.05, 4.69) is 55.6 Å². The molecular weight excluding hydrogens is 330 g/mol. The molecule has 0 aromatic heterocycles. The third-order valence-electron chi connectivity index (χ3n) is 7.44. The maximum atomic E-state index is 10.0. The molecule has 2 aliphatic rings. The number of aromatic hydroxyl groups is 1. The summed E-state index contributed by atoms with van der Waals surface area (Å²) in [5, 5.41) is 14.1. The number of nitrogens with one attached hydrogen (secondary N) is 1. The number of hydrogen-bond donors (Lipinski definition) is 2. The quantitative estimate of drug-likeness (QED) is 0.733. The van der Waals surface area contributed by atoms with Crippen molar-refractivity contribution < 1.29 is 5.11 Å². The predicted octanol–water partition coefficient (Wildman–Crippen LogP) is 5.52. The van der Waals surface area contributed by atoms with E-state index in [0.717, 1.165) is 18.9 Å². The fraction of sp³-hybridized carbons (Fsp3) is 0.520. The van der Waals surface area contributed by atoms with Gasteiger partial charge in [0.2, 0.25) is 0 Å². The molecule has 0 radical (unpaired) electrons. The number of fused-ring (bicyclic) bond motifs is 2. The lowest BCUT2D eigenvalue weighted by atomic mass is 9.55. The van der Waals surface area contributed by atoms with Crippen LogP contribution in [0.15, 0.2) is 54.6 Å². The zero-order valence-electron chi connectivity index (χ0n) is 16.7. The van der Waals surface area contributed by atoms with Gasteiger partial charge in [0, 0.05) is 5.54 Å². The molecule has 1 aliphatic carbocycles. The summed E-state index contributed by atoms with van der Waals surface area (Å²) in [6.07, 6.45) is 6.04. The Morgan fingerprint density at radius 3 is 2.56 bits per heavy atom. The standard InChI is InChI=1S/C25H33NO/c1-3-19-17-26-25(15-18-9-6-5-7-10-18)16-24(19)23(14-21(25)4-2)20-11-8-12-22(27)13-20/h5-13,19,21,23-24,26-27H,3-4,14-17H2,1-2H3. The van der Waals surface area contributed by atoms with E-state index in [4.69, 9.17) is 0 Å². The van der Waals surface area contributed by atoms with E-state index >= 15 is 0 Å². The highest BCUT2D eigenvalue weighted by Crippen LogP contribution is 2.53. The highest BCUT2D eigenvalue weighted by molar-refractivity contribution is 5.32. The summed E-state index contributed by atoms with van der Waals surface area (Å²) in [4.78, 5) is 0. The molecule has 0 spiro atoms. The minimum atomic E-state index is 0.222. The number of benzene rings is 2. The minimum Gasteiger partial charge on any atom is -0.508 e. The second-order valence-electron chi connectivity index (χ2n) is 8.78. The molecule has 2 nitrogen and oxygen atoms in total. The molecule has 144 valence electrons. The van der Waals surface area contributed by atoms with Gasteiger partial charge in [-0.05, 0) is 72.7 Å². The summed E-state index contributed by atoms with van der Waals surface area (Å²) >= 11 is 0. The monoisotopic (exact) mass is 363 g/mol. The van der Waals surface area contributed by atoms with Gasteiger partial charge >= 0.3 is 0 Å². The van der Waals surface area contributed by atoms with Crippen LogP contribution in [0.5, 0.6) is 5.75 Å². The van der Waals surface area contributed by atoms with Crippen LogP contribution in [0.3, 0.4) is 0 Å². The Morgan fingerprint density at radius 1 is 1.04 bits per heavy atom. The smallest absolute Gasteiger partial charge is 0.115 e. The summed E-state index contributed by atoms with van der Waals surface area (Å²) in [6.45, 7) is 5.81. The molecule has 2 aromatic carbocycles. The Kier molecular flexibility index (Phi) is 5.27. The highest BCUT2D eigenvalue weighted by atomic mass is 16.3. The summed E-state index contributed by atoms with van der Waals surface area (Å²) in [5.74, 6) is 3.06. The van der Waals surface area contributed by atoms with E-state index < -0.39 is 0 Å². The van der Waals surface area contributed by atoms with Crippen molar-refractivity contribution in [2.75, 3.05) is 6.54 Å². The van der Waals surface area contributed by atoms with Crippen molar-refractivity contribution in [3.63, 3.8) is 0 Å². The number of phenolic OH excluding ortho intramolecular Hbond substituents is 1. The van der Waals surface area contributed by atoms with Gasteiger partial charge in [0.15, 0.2) is 0 Å². The normalized spacial score (nSPS) is 33.0. The largest absolute Gasteiger partial charge is 0.508 e. The molecule has 27 heavy (non-hydrogen) atoms. The van der Waals surface area contributed by atoms with Crippen LogP contribution in [0.1, 0.15) is 56.6 Å². The van der Waals surface area contributed by atoms with E-state index in [1.54, 1.807) is 6.07 Å². The molecule has 2 heteroatoms. The summed E-state index contributed by atoms with van der Waals surface area (Å²) in [7, 11) is 0. The van der Waals surface area contributed by atoms with Crippen LogP contribution < -0.4 is 5.32 Å². The molecular formula is C25H33NO. The third kappa shape index (κ3) is 3.52. The van der Waals surface area contributed by atoms with E-state index in [0.29, 0.717) is 23.5 Å². The van der Waals surface area contributed by atoms with Gasteiger partial charge in [-0.3, -0.25) is 0 Å². The van der Waals surface area contributed by atoms with Gasteiger partial charge in [0.05, 0.1) is 0 Å². The molecule has 1 saturated heterocycles. The fourth-order valence-electron chi connectivity index (χ4n) is 6.02. The highest BCUT2D eigenvalue weighted by Gasteiger charge is 2.51. The maximum Gasteiger partial charge on any atom is 0.115 e. The maximum absolute atomic E-state index is 10.0. The molecule has 5 unspecified atom stereocenters. The van der Waals surface area contributed by atoms with Gasteiger partial charge in [0.25, 0.3) is 0 Å². The lowest BCUT2D eigenvalue weighted by Gasteiger charge is -2.57. The predicted molar refractivity (Wildman–Crippen MR) is 112 cm³/mol. The van der Waals surface area contributed by atoms with Gasteiger partial charge < -0.3 is 10.4 Å². The van der Waals surface area contributed by atoms with E-state index in [-0.39, 0.29) is 5.54 Å². The van der Waals surface area contributed by atoms with Crippen LogP contribution in [-0.2, 0) is 6.42 Å². The van der Waals surface area contributed by atoms with Crippen molar-refractivity contribution in [3.05, 3.63) is 65.7 Å². The molecule has 5 atom stereocenters. The topological polar surface area (TPSA) is 32.3 Å². The summed E-state index contributed by atoms with van der Waals surface area (Å²) < 4.78 is 0. The van der Waals surface area contributed by atoms with Gasteiger partial charge in [0.1, 0.15) is 5.75 Å². The molecule has 2 N–H and O–H groups in total. The second-order valence-corrected chi connectivity index (χ2v) is 8.78. The summed E-state index contributed by atoms with van der Waals surface area (Å²) in [5.41, 5.74) is 3.01. The SMILES string of the molecule is CCC1CNC2(Cc3ccccc3)CC1C(c1cccc(O)c1)CC2CC. The first kappa shape index (κ1) is 18.6. The van der Waals surface area contributed by atoms with Crippen molar-refractivity contribution in [2.24, 2.45) is 17.8 Å². The fourth-order valence-corrected chi connectivity index (χ4v) is 6.02. The molecule has 1 heterocycles. The van der Waals surface area contributed by atoms with Crippen molar-refractivity contribution >= 4 is 0 Å². The number of piperidine rings is 1. The van der Waals surface area contributed by atoms with Crippen molar-refractivity contribution in [2.45, 2.75) is 57.4 Å². The van der Waals surface area contributed by atoms with Crippen molar-refractivity contribution in [1.82, 2.24) is 5.32 Å². The Hall–Kier alpha value is -1.80. The van der Waals surface area contributed by atoms with E-state index in [9.17, 15) is 5.11 Å². The number of hydrogen-bond acceptors (Lipinski definition) is 2. The first-order valence-electron chi connectivity index (χ1n) is 10.7. The molecule has 1 aliphatic heterocycles. The first-order chi connectivity index (χ1) is 13.1. The third-order valence-corrected chi connectivity index (χ3v) is 7.44. The minimum absolute atomic E-state index is 0.222. The molecule has 0 amide bonds. The molecule has 1 saturated carbocycles. The Balaban J connectivity index is 1.68. The average molecular weight is 364 g/mol. The van der Waals surface area contributed by atoms with Crippen LogP contribution in [0.25, 0.3) is 0 Å². The van der Waals surface area contributed by atoms with Crippen LogP contribution in [0.2, 0.25) is 0 Å². The number of rotatable bonds is 5. The Bertz CT molecular complexity index is 758. The van der Waals surface area contributed by atoms with Crippen LogP contribution >= 0.6 is 0 Å². The molecule has 2 fully saturated rings. The van der Waals surface area contributed by atoms with Crippen LogP contribution in [-0.4, -0.2) is 17.2 Å². The van der Waals surface area contributed by atoms with Gasteiger partial charge in [-0.2, -0.15) is 0 Å². The lowest BCUT2D eigenvalue weighted by molar-refractivity contribution is 0.00918. The molecule has 4 rings (SSSR count). The summed E-state index contributed by atoms with van der Waals surface area (Å²) in [6, 6.07) is 19.1. The Morgan fingerprint density at radius 2 is 1.85 bits per heavy atom. The van der Waals surface area contributed by atoms with E-state index in [1.165, 1.54) is 36.8 Å².